The largest absolute Gasteiger partial charge is 0.496 e. The van der Waals surface area contributed by atoms with Crippen molar-refractivity contribution >= 4 is 41.5 Å². The number of aliphatic imine (C=N–C) groups is 1. The van der Waals surface area contributed by atoms with E-state index in [-0.39, 0.29) is 36.0 Å². The minimum absolute atomic E-state index is 0. The maximum absolute atomic E-state index is 12.3. The van der Waals surface area contributed by atoms with Crippen LogP contribution in [-0.2, 0) is 22.6 Å². The summed E-state index contributed by atoms with van der Waals surface area (Å²) in [5, 5.41) is 6.32. The van der Waals surface area contributed by atoms with Gasteiger partial charge in [-0.3, -0.25) is 9.79 Å². The summed E-state index contributed by atoms with van der Waals surface area (Å²) >= 11 is 0. The number of halogens is 1. The first-order valence-corrected chi connectivity index (χ1v) is 10.2. The molecule has 2 N–H and O–H groups in total. The van der Waals surface area contributed by atoms with E-state index in [4.69, 9.17) is 9.47 Å². The van der Waals surface area contributed by atoms with Crippen LogP contribution in [-0.4, -0.2) is 50.7 Å². The molecule has 0 aromatic heterocycles. The molecule has 0 spiro atoms. The Balaban J connectivity index is 0.00000341. The first-order valence-electron chi connectivity index (χ1n) is 10.2. The molecule has 1 heterocycles. The molecule has 1 unspecified atom stereocenters. The van der Waals surface area contributed by atoms with Crippen LogP contribution in [0.3, 0.4) is 0 Å². The second-order valence-electron chi connectivity index (χ2n) is 7.26. The van der Waals surface area contributed by atoms with E-state index in [2.05, 4.69) is 15.6 Å². The molecular weight excluding hydrogens is 507 g/mol. The third-order valence-corrected chi connectivity index (χ3v) is 5.04. The highest BCUT2D eigenvalue weighted by Crippen LogP contribution is 2.19. The molecule has 2 aromatic rings. The molecule has 1 fully saturated rings. The Kier molecular flexibility index (Phi) is 10.1. The molecule has 1 aliphatic heterocycles. The second-order valence-corrected chi connectivity index (χ2v) is 7.26. The first-order chi connectivity index (χ1) is 14.6. The number of ether oxygens (including phenoxy) is 2. The van der Waals surface area contributed by atoms with Crippen molar-refractivity contribution in [2.24, 2.45) is 4.99 Å². The molecule has 168 valence electrons. The Morgan fingerprint density at radius 2 is 2.06 bits per heavy atom. The lowest BCUT2D eigenvalue weighted by atomic mass is 10.2. The Labute approximate surface area is 201 Å². The van der Waals surface area contributed by atoms with E-state index in [9.17, 15) is 4.79 Å². The van der Waals surface area contributed by atoms with Crippen LogP contribution in [0.1, 0.15) is 24.0 Å². The predicted molar refractivity (Wildman–Crippen MR) is 134 cm³/mol. The van der Waals surface area contributed by atoms with Gasteiger partial charge >= 0.3 is 0 Å². The zero-order chi connectivity index (χ0) is 21.3. The average Bonchev–Trinajstić information content (AvgIpc) is 3.30. The second kappa shape index (κ2) is 12.5. The van der Waals surface area contributed by atoms with Crippen molar-refractivity contribution in [3.05, 3.63) is 59.7 Å². The monoisotopic (exact) mass is 538 g/mol. The molecule has 0 bridgehead atoms. The van der Waals surface area contributed by atoms with Crippen LogP contribution in [0.2, 0.25) is 0 Å². The number of anilines is 1. The van der Waals surface area contributed by atoms with E-state index in [1.54, 1.807) is 14.2 Å². The number of guanidine groups is 1. The summed E-state index contributed by atoms with van der Waals surface area (Å²) in [6.07, 6.45) is 1.38. The Bertz CT molecular complexity index is 885. The fourth-order valence-corrected chi connectivity index (χ4v) is 3.50. The summed E-state index contributed by atoms with van der Waals surface area (Å²) in [5.74, 6) is 1.55. The number of nitrogens with zero attached hydrogens (tertiary/aromatic N) is 2. The molecule has 1 atom stereocenters. The highest BCUT2D eigenvalue weighted by molar-refractivity contribution is 14.0. The molecule has 8 heteroatoms. The van der Waals surface area contributed by atoms with E-state index in [1.807, 2.05) is 60.5 Å². The Morgan fingerprint density at radius 3 is 2.77 bits per heavy atom. The molecule has 7 nitrogen and oxygen atoms in total. The van der Waals surface area contributed by atoms with E-state index < -0.39 is 0 Å². The van der Waals surface area contributed by atoms with Crippen LogP contribution in [0, 0.1) is 0 Å². The zero-order valence-electron chi connectivity index (χ0n) is 18.3. The first kappa shape index (κ1) is 24.9. The van der Waals surface area contributed by atoms with Gasteiger partial charge in [0.2, 0.25) is 0 Å². The lowest BCUT2D eigenvalue weighted by Gasteiger charge is -2.23. The molecule has 0 aliphatic carbocycles. The smallest absolute Gasteiger partial charge is 0.253 e. The van der Waals surface area contributed by atoms with Crippen molar-refractivity contribution in [1.29, 1.82) is 0 Å². The van der Waals surface area contributed by atoms with Gasteiger partial charge in [-0.2, -0.15) is 0 Å². The van der Waals surface area contributed by atoms with Gasteiger partial charge in [-0.1, -0.05) is 30.3 Å². The van der Waals surface area contributed by atoms with Gasteiger partial charge in [0.25, 0.3) is 5.91 Å². The van der Waals surface area contributed by atoms with Crippen molar-refractivity contribution in [2.75, 3.05) is 33.1 Å². The van der Waals surface area contributed by atoms with Crippen LogP contribution in [0.4, 0.5) is 5.69 Å². The standard InChI is InChI=1S/C23H30N4O3.HI/c1-24-23(27(2)16-18-9-4-5-11-20(18)29-3)25-15-17-8-6-10-19(14-17)26-22(28)21-12-7-13-30-21;/h4-6,8-11,14,21H,7,12-13,15-16H2,1-3H3,(H,24,25)(H,26,28);1H. The molecule has 2 aromatic carbocycles. The van der Waals surface area contributed by atoms with Crippen molar-refractivity contribution in [3.8, 4) is 5.75 Å². The number of hydrogen-bond donors (Lipinski definition) is 2. The van der Waals surface area contributed by atoms with E-state index >= 15 is 0 Å². The lowest BCUT2D eigenvalue weighted by molar-refractivity contribution is -0.124. The summed E-state index contributed by atoms with van der Waals surface area (Å²) in [6, 6.07) is 15.8. The minimum Gasteiger partial charge on any atom is -0.496 e. The topological polar surface area (TPSA) is 75.2 Å². The van der Waals surface area contributed by atoms with E-state index in [0.29, 0.717) is 19.7 Å². The third kappa shape index (κ3) is 7.10. The van der Waals surface area contributed by atoms with Gasteiger partial charge in [-0.05, 0) is 36.6 Å². The zero-order valence-corrected chi connectivity index (χ0v) is 20.6. The van der Waals surface area contributed by atoms with Gasteiger partial charge in [0.1, 0.15) is 11.9 Å². The fourth-order valence-electron chi connectivity index (χ4n) is 3.50. The van der Waals surface area contributed by atoms with Crippen LogP contribution < -0.4 is 15.4 Å². The molecule has 1 saturated heterocycles. The van der Waals surface area contributed by atoms with Gasteiger partial charge < -0.3 is 25.0 Å². The summed E-state index contributed by atoms with van der Waals surface area (Å²) in [7, 11) is 5.43. The molecule has 1 aliphatic rings. The number of hydrogen-bond acceptors (Lipinski definition) is 4. The van der Waals surface area contributed by atoms with Gasteiger partial charge in [0.15, 0.2) is 5.96 Å². The summed E-state index contributed by atoms with van der Waals surface area (Å²) in [4.78, 5) is 18.7. The maximum Gasteiger partial charge on any atom is 0.253 e. The van der Waals surface area contributed by atoms with Gasteiger partial charge in [0.05, 0.1) is 7.11 Å². The van der Waals surface area contributed by atoms with Crippen molar-refractivity contribution in [3.63, 3.8) is 0 Å². The number of carbonyl (C=O) groups excluding carboxylic acids is 1. The normalized spacial score (nSPS) is 15.7. The van der Waals surface area contributed by atoms with E-state index in [0.717, 1.165) is 41.4 Å². The number of benzene rings is 2. The number of nitrogens with one attached hydrogen (secondary N) is 2. The molecule has 0 radical (unpaired) electrons. The van der Waals surface area contributed by atoms with Crippen molar-refractivity contribution in [1.82, 2.24) is 10.2 Å². The van der Waals surface area contributed by atoms with E-state index in [1.165, 1.54) is 0 Å². The highest BCUT2D eigenvalue weighted by atomic mass is 127. The third-order valence-electron chi connectivity index (χ3n) is 5.04. The van der Waals surface area contributed by atoms with Crippen molar-refractivity contribution < 1.29 is 14.3 Å². The van der Waals surface area contributed by atoms with Crippen molar-refractivity contribution in [2.45, 2.75) is 32.0 Å². The number of methoxy groups -OCH3 is 1. The molecule has 1 amide bonds. The maximum atomic E-state index is 12.3. The number of rotatable bonds is 7. The summed E-state index contributed by atoms with van der Waals surface area (Å²) in [5.41, 5.74) is 2.91. The number of para-hydroxylation sites is 1. The number of amides is 1. The fraction of sp³-hybridized carbons (Fsp3) is 0.391. The lowest BCUT2D eigenvalue weighted by Crippen LogP contribution is -2.38. The molecular formula is C23H31IN4O3. The van der Waals surface area contributed by atoms with Gasteiger partial charge in [-0.25, -0.2) is 0 Å². The molecule has 0 saturated carbocycles. The Morgan fingerprint density at radius 1 is 1.26 bits per heavy atom. The van der Waals surface area contributed by atoms with Crippen LogP contribution in [0.15, 0.2) is 53.5 Å². The van der Waals surface area contributed by atoms with Crippen LogP contribution in [0.5, 0.6) is 5.75 Å². The number of carbonyl (C=O) groups is 1. The van der Waals surface area contributed by atoms with Crippen LogP contribution >= 0.6 is 24.0 Å². The van der Waals surface area contributed by atoms with Gasteiger partial charge in [-0.15, -0.1) is 24.0 Å². The molecule has 3 rings (SSSR count). The quantitative estimate of drug-likeness (QED) is 0.320. The van der Waals surface area contributed by atoms with Gasteiger partial charge in [0, 0.05) is 45.0 Å². The average molecular weight is 538 g/mol. The highest BCUT2D eigenvalue weighted by Gasteiger charge is 2.23. The summed E-state index contributed by atoms with van der Waals surface area (Å²) in [6.45, 7) is 1.91. The van der Waals surface area contributed by atoms with Crippen LogP contribution in [0.25, 0.3) is 0 Å². The predicted octanol–water partition coefficient (Wildman–Crippen LogP) is 3.64. The SMILES string of the molecule is CN=C(NCc1cccc(NC(=O)C2CCCO2)c1)N(C)Cc1ccccc1OC.I. The Hall–Kier alpha value is -2.33. The molecule has 31 heavy (non-hydrogen) atoms. The minimum atomic E-state index is -0.339. The summed E-state index contributed by atoms with van der Waals surface area (Å²) < 4.78 is 10.9.